The van der Waals surface area contributed by atoms with E-state index < -0.39 is 5.72 Å². The summed E-state index contributed by atoms with van der Waals surface area (Å²) >= 11 is 0. The first kappa shape index (κ1) is 10.9. The van der Waals surface area contributed by atoms with E-state index in [1.807, 2.05) is 25.9 Å². The highest BCUT2D eigenvalue weighted by Crippen LogP contribution is 2.09. The summed E-state index contributed by atoms with van der Waals surface area (Å²) in [5.41, 5.74) is 4.65. The average Bonchev–Trinajstić information content (AvgIpc) is 1.84. The summed E-state index contributed by atoms with van der Waals surface area (Å²) in [6.07, 6.45) is 2.26. The zero-order valence-electron chi connectivity index (χ0n) is 7.80. The molecular weight excluding hydrogens is 140 g/mol. The fourth-order valence-electron chi connectivity index (χ4n) is 0.975. The Kier molecular flexibility index (Phi) is 4.65. The molecule has 0 heterocycles. The molecule has 0 aliphatic rings. The zero-order chi connectivity index (χ0) is 8.91. The molecule has 0 bridgehead atoms. The lowest BCUT2D eigenvalue weighted by molar-refractivity contribution is 0.0224. The molecule has 0 aromatic rings. The zero-order valence-corrected chi connectivity index (χ0v) is 7.80. The minimum atomic E-state index is -0.959. The Bertz CT molecular complexity index is 102. The van der Waals surface area contributed by atoms with Crippen LogP contribution >= 0.6 is 0 Å². The van der Waals surface area contributed by atoms with E-state index in [1.54, 1.807) is 0 Å². The van der Waals surface area contributed by atoms with Crippen molar-refractivity contribution in [2.45, 2.75) is 31.9 Å². The molecule has 0 amide bonds. The van der Waals surface area contributed by atoms with Gasteiger partial charge in [-0.25, -0.2) is 0 Å². The first-order valence-electron chi connectivity index (χ1n) is 4.14. The molecule has 0 fully saturated rings. The van der Waals surface area contributed by atoms with Crippen LogP contribution in [0.25, 0.3) is 0 Å². The molecule has 0 aliphatic heterocycles. The van der Waals surface area contributed by atoms with Crippen LogP contribution in [0.3, 0.4) is 0 Å². The Labute approximate surface area is 69.2 Å². The van der Waals surface area contributed by atoms with Crippen molar-refractivity contribution in [1.82, 2.24) is 4.90 Å². The van der Waals surface area contributed by atoms with E-state index in [1.165, 1.54) is 0 Å². The standard InChI is InChI=1S/C8H20N2O/c1-4-5-8(9,11)6-7-10(2)3/h11H,4-7,9H2,1-3H3. The van der Waals surface area contributed by atoms with Crippen LogP contribution in [0, 0.1) is 0 Å². The van der Waals surface area contributed by atoms with Crippen molar-refractivity contribution in [2.24, 2.45) is 5.73 Å². The van der Waals surface area contributed by atoms with Gasteiger partial charge in [-0.1, -0.05) is 13.3 Å². The molecule has 3 N–H and O–H groups in total. The van der Waals surface area contributed by atoms with E-state index in [0.29, 0.717) is 12.8 Å². The van der Waals surface area contributed by atoms with Gasteiger partial charge in [0.05, 0.1) is 0 Å². The van der Waals surface area contributed by atoms with Crippen LogP contribution in [0.1, 0.15) is 26.2 Å². The van der Waals surface area contributed by atoms with Gasteiger partial charge >= 0.3 is 0 Å². The second kappa shape index (κ2) is 4.70. The lowest BCUT2D eigenvalue weighted by Gasteiger charge is -2.24. The third-order valence-electron chi connectivity index (χ3n) is 1.67. The van der Waals surface area contributed by atoms with Crippen molar-refractivity contribution >= 4 is 0 Å². The number of hydrogen-bond acceptors (Lipinski definition) is 3. The number of aliphatic hydroxyl groups is 1. The summed E-state index contributed by atoms with van der Waals surface area (Å²) in [7, 11) is 3.95. The summed E-state index contributed by atoms with van der Waals surface area (Å²) < 4.78 is 0. The van der Waals surface area contributed by atoms with Crippen LogP contribution in [-0.4, -0.2) is 36.4 Å². The van der Waals surface area contributed by atoms with Gasteiger partial charge in [0, 0.05) is 13.0 Å². The SMILES string of the molecule is CCCC(N)(O)CCN(C)C. The second-order valence-electron chi connectivity index (χ2n) is 3.41. The number of nitrogens with zero attached hydrogens (tertiary/aromatic N) is 1. The molecule has 0 radical (unpaired) electrons. The first-order valence-corrected chi connectivity index (χ1v) is 4.14. The van der Waals surface area contributed by atoms with E-state index in [9.17, 15) is 5.11 Å². The molecule has 0 rings (SSSR count). The van der Waals surface area contributed by atoms with Gasteiger partial charge in [0.25, 0.3) is 0 Å². The topological polar surface area (TPSA) is 49.5 Å². The average molecular weight is 160 g/mol. The Morgan fingerprint density at radius 1 is 1.36 bits per heavy atom. The Morgan fingerprint density at radius 2 is 1.91 bits per heavy atom. The van der Waals surface area contributed by atoms with Crippen LogP contribution in [0.15, 0.2) is 0 Å². The third kappa shape index (κ3) is 6.28. The smallest absolute Gasteiger partial charge is 0.114 e. The third-order valence-corrected chi connectivity index (χ3v) is 1.67. The van der Waals surface area contributed by atoms with Crippen molar-refractivity contribution in [3.63, 3.8) is 0 Å². The highest BCUT2D eigenvalue weighted by atomic mass is 16.3. The van der Waals surface area contributed by atoms with Crippen LogP contribution in [-0.2, 0) is 0 Å². The summed E-state index contributed by atoms with van der Waals surface area (Å²) in [6, 6.07) is 0. The Morgan fingerprint density at radius 3 is 2.27 bits per heavy atom. The largest absolute Gasteiger partial charge is 0.376 e. The fourth-order valence-corrected chi connectivity index (χ4v) is 0.975. The number of nitrogens with two attached hydrogens (primary N) is 1. The molecule has 0 aromatic heterocycles. The maximum Gasteiger partial charge on any atom is 0.114 e. The summed E-state index contributed by atoms with van der Waals surface area (Å²) in [4.78, 5) is 2.02. The molecule has 0 saturated heterocycles. The molecule has 0 aliphatic carbocycles. The number of rotatable bonds is 5. The lowest BCUT2D eigenvalue weighted by atomic mass is 10.1. The monoisotopic (exact) mass is 160 g/mol. The van der Waals surface area contributed by atoms with Crippen molar-refractivity contribution in [2.75, 3.05) is 20.6 Å². The van der Waals surface area contributed by atoms with Gasteiger partial charge in [-0.2, -0.15) is 0 Å². The van der Waals surface area contributed by atoms with Crippen LogP contribution < -0.4 is 5.73 Å². The molecular formula is C8H20N2O. The minimum absolute atomic E-state index is 0.647. The van der Waals surface area contributed by atoms with E-state index in [-0.39, 0.29) is 0 Å². The van der Waals surface area contributed by atoms with Crippen LogP contribution in [0.4, 0.5) is 0 Å². The Hall–Kier alpha value is -0.120. The van der Waals surface area contributed by atoms with Crippen molar-refractivity contribution in [3.05, 3.63) is 0 Å². The predicted octanol–water partition coefficient (Wildman–Crippen LogP) is 0.386. The number of hydrogen-bond donors (Lipinski definition) is 2. The van der Waals surface area contributed by atoms with Gasteiger partial charge in [0.15, 0.2) is 0 Å². The normalized spacial score (nSPS) is 16.9. The molecule has 0 saturated carbocycles. The second-order valence-corrected chi connectivity index (χ2v) is 3.41. The van der Waals surface area contributed by atoms with Crippen molar-refractivity contribution in [1.29, 1.82) is 0 Å². The van der Waals surface area contributed by atoms with Gasteiger partial charge in [-0.15, -0.1) is 0 Å². The molecule has 11 heavy (non-hydrogen) atoms. The van der Waals surface area contributed by atoms with Crippen molar-refractivity contribution < 1.29 is 5.11 Å². The maximum absolute atomic E-state index is 9.51. The maximum atomic E-state index is 9.51. The van der Waals surface area contributed by atoms with Crippen LogP contribution in [0.5, 0.6) is 0 Å². The molecule has 68 valence electrons. The van der Waals surface area contributed by atoms with E-state index in [4.69, 9.17) is 5.73 Å². The summed E-state index contributed by atoms with van der Waals surface area (Å²) in [6.45, 7) is 2.86. The first-order chi connectivity index (χ1) is 4.98. The summed E-state index contributed by atoms with van der Waals surface area (Å²) in [5, 5.41) is 9.51. The quantitative estimate of drug-likeness (QED) is 0.572. The minimum Gasteiger partial charge on any atom is -0.376 e. The molecule has 0 aromatic carbocycles. The highest BCUT2D eigenvalue weighted by Gasteiger charge is 2.18. The van der Waals surface area contributed by atoms with Gasteiger partial charge < -0.3 is 15.7 Å². The van der Waals surface area contributed by atoms with Crippen molar-refractivity contribution in [3.8, 4) is 0 Å². The lowest BCUT2D eigenvalue weighted by Crippen LogP contribution is -2.41. The molecule has 3 heteroatoms. The predicted molar refractivity (Wildman–Crippen MR) is 47.2 cm³/mol. The fraction of sp³-hybridized carbons (Fsp3) is 1.00. The van der Waals surface area contributed by atoms with Gasteiger partial charge in [0.2, 0.25) is 0 Å². The van der Waals surface area contributed by atoms with Gasteiger partial charge in [-0.3, -0.25) is 0 Å². The van der Waals surface area contributed by atoms with E-state index in [2.05, 4.69) is 0 Å². The molecule has 1 atom stereocenters. The highest BCUT2D eigenvalue weighted by molar-refractivity contribution is 4.70. The van der Waals surface area contributed by atoms with Gasteiger partial charge in [0.1, 0.15) is 5.72 Å². The van der Waals surface area contributed by atoms with E-state index >= 15 is 0 Å². The molecule has 1 unspecified atom stereocenters. The van der Waals surface area contributed by atoms with E-state index in [0.717, 1.165) is 13.0 Å². The molecule has 3 nitrogen and oxygen atoms in total. The Balaban J connectivity index is 3.54. The van der Waals surface area contributed by atoms with Gasteiger partial charge in [-0.05, 0) is 20.5 Å². The molecule has 0 spiro atoms. The van der Waals surface area contributed by atoms with Crippen LogP contribution in [0.2, 0.25) is 0 Å². The summed E-state index contributed by atoms with van der Waals surface area (Å²) in [5.74, 6) is 0.